The van der Waals surface area contributed by atoms with E-state index in [4.69, 9.17) is 9.47 Å². The predicted octanol–water partition coefficient (Wildman–Crippen LogP) is 1.64. The van der Waals surface area contributed by atoms with Gasteiger partial charge < -0.3 is 19.1 Å². The molecular weight excluding hydrogens is 220 g/mol. The summed E-state index contributed by atoms with van der Waals surface area (Å²) < 4.78 is 12.4. The smallest absolute Gasteiger partial charge is 0.146 e. The second-order valence-electron chi connectivity index (χ2n) is 3.87. The van der Waals surface area contributed by atoms with Crippen LogP contribution < -0.4 is 9.47 Å². The van der Waals surface area contributed by atoms with Gasteiger partial charge in [-0.3, -0.25) is 0 Å². The predicted molar refractivity (Wildman–Crippen MR) is 64.5 cm³/mol. The highest BCUT2D eigenvalue weighted by molar-refractivity contribution is 5.88. The Morgan fingerprint density at radius 3 is 2.35 bits per heavy atom. The van der Waals surface area contributed by atoms with Crippen molar-refractivity contribution in [2.24, 2.45) is 7.05 Å². The zero-order valence-corrected chi connectivity index (χ0v) is 10.4. The first-order valence-electron chi connectivity index (χ1n) is 5.35. The highest BCUT2D eigenvalue weighted by Crippen LogP contribution is 2.34. The molecule has 1 heterocycles. The number of benzene rings is 1. The molecule has 0 aliphatic rings. The highest BCUT2D eigenvalue weighted by Gasteiger charge is 2.18. The Labute approximate surface area is 99.6 Å². The lowest BCUT2D eigenvalue weighted by Gasteiger charge is -2.07. The van der Waals surface area contributed by atoms with Gasteiger partial charge in [-0.05, 0) is 19.1 Å². The number of hydrogen-bond acceptors (Lipinski definition) is 4. The fourth-order valence-corrected chi connectivity index (χ4v) is 1.98. The molecule has 5 heteroatoms. The molecule has 0 aliphatic heterocycles. The first kappa shape index (κ1) is 11.7. The van der Waals surface area contributed by atoms with Crippen molar-refractivity contribution in [2.45, 2.75) is 13.0 Å². The number of fused-ring (bicyclic) bond motifs is 1. The van der Waals surface area contributed by atoms with Crippen molar-refractivity contribution in [3.8, 4) is 11.5 Å². The Hall–Kier alpha value is -1.75. The Bertz CT molecular complexity index is 546. The fraction of sp³-hybridized carbons (Fsp3) is 0.417. The average Bonchev–Trinajstić information content (AvgIpc) is 2.67. The molecule has 0 fully saturated rings. The maximum absolute atomic E-state index is 9.67. The number of aliphatic hydroxyl groups is 1. The Morgan fingerprint density at radius 2 is 1.82 bits per heavy atom. The van der Waals surface area contributed by atoms with E-state index in [1.54, 1.807) is 27.2 Å². The van der Waals surface area contributed by atoms with E-state index >= 15 is 0 Å². The van der Waals surface area contributed by atoms with Crippen LogP contribution in [-0.4, -0.2) is 28.9 Å². The van der Waals surface area contributed by atoms with Crippen LogP contribution in [-0.2, 0) is 7.05 Å². The Morgan fingerprint density at radius 1 is 1.24 bits per heavy atom. The fourth-order valence-electron chi connectivity index (χ4n) is 1.98. The van der Waals surface area contributed by atoms with Gasteiger partial charge in [0.2, 0.25) is 0 Å². The van der Waals surface area contributed by atoms with Crippen molar-refractivity contribution in [3.63, 3.8) is 0 Å². The van der Waals surface area contributed by atoms with Crippen LogP contribution in [0.15, 0.2) is 12.1 Å². The molecule has 1 aromatic carbocycles. The second-order valence-corrected chi connectivity index (χ2v) is 3.87. The lowest BCUT2D eigenvalue weighted by atomic mass is 10.2. The molecule has 17 heavy (non-hydrogen) atoms. The molecule has 0 radical (unpaired) electrons. The van der Waals surface area contributed by atoms with E-state index in [1.807, 2.05) is 17.7 Å². The van der Waals surface area contributed by atoms with Crippen molar-refractivity contribution in [2.75, 3.05) is 14.2 Å². The van der Waals surface area contributed by atoms with E-state index < -0.39 is 6.10 Å². The third-order valence-electron chi connectivity index (χ3n) is 2.80. The van der Waals surface area contributed by atoms with E-state index in [0.717, 1.165) is 5.52 Å². The van der Waals surface area contributed by atoms with E-state index in [2.05, 4.69) is 4.98 Å². The molecule has 0 amide bonds. The molecule has 92 valence electrons. The second kappa shape index (κ2) is 4.25. The van der Waals surface area contributed by atoms with Gasteiger partial charge in [0.1, 0.15) is 34.5 Å². The third-order valence-corrected chi connectivity index (χ3v) is 2.80. The van der Waals surface area contributed by atoms with Gasteiger partial charge in [0, 0.05) is 7.05 Å². The lowest BCUT2D eigenvalue weighted by molar-refractivity contribution is 0.186. The average molecular weight is 236 g/mol. The van der Waals surface area contributed by atoms with Crippen LogP contribution >= 0.6 is 0 Å². The van der Waals surface area contributed by atoms with Crippen molar-refractivity contribution < 1.29 is 14.6 Å². The topological polar surface area (TPSA) is 56.5 Å². The van der Waals surface area contributed by atoms with Crippen LogP contribution in [0.3, 0.4) is 0 Å². The van der Waals surface area contributed by atoms with Gasteiger partial charge in [0.05, 0.1) is 14.2 Å². The maximum atomic E-state index is 9.67. The minimum Gasteiger partial charge on any atom is -0.494 e. The van der Waals surface area contributed by atoms with Crippen molar-refractivity contribution in [3.05, 3.63) is 18.0 Å². The maximum Gasteiger partial charge on any atom is 0.146 e. The van der Waals surface area contributed by atoms with Crippen molar-refractivity contribution in [1.82, 2.24) is 9.55 Å². The summed E-state index contributed by atoms with van der Waals surface area (Å²) in [5.41, 5.74) is 1.52. The molecule has 0 spiro atoms. The number of ether oxygens (including phenoxy) is 2. The summed E-state index contributed by atoms with van der Waals surface area (Å²) in [6.07, 6.45) is -0.637. The molecule has 0 saturated heterocycles. The summed E-state index contributed by atoms with van der Waals surface area (Å²) in [5.74, 6) is 1.97. The number of aromatic nitrogens is 2. The summed E-state index contributed by atoms with van der Waals surface area (Å²) in [6.45, 7) is 1.68. The molecule has 0 bridgehead atoms. The molecule has 2 rings (SSSR count). The quantitative estimate of drug-likeness (QED) is 0.880. The van der Waals surface area contributed by atoms with Gasteiger partial charge >= 0.3 is 0 Å². The summed E-state index contributed by atoms with van der Waals surface area (Å²) in [4.78, 5) is 4.40. The van der Waals surface area contributed by atoms with E-state index in [1.165, 1.54) is 0 Å². The van der Waals surface area contributed by atoms with Crippen LogP contribution in [0.5, 0.6) is 11.5 Å². The van der Waals surface area contributed by atoms with Gasteiger partial charge in [0.25, 0.3) is 0 Å². The molecule has 1 atom stereocenters. The van der Waals surface area contributed by atoms with Crippen molar-refractivity contribution >= 4 is 11.0 Å². The summed E-state index contributed by atoms with van der Waals surface area (Å²) in [5, 5.41) is 9.67. The number of imidazole rings is 1. The van der Waals surface area contributed by atoms with Crippen LogP contribution in [0.2, 0.25) is 0 Å². The number of methoxy groups -OCH3 is 2. The minimum atomic E-state index is -0.637. The Balaban J connectivity index is 2.82. The van der Waals surface area contributed by atoms with Gasteiger partial charge in [-0.1, -0.05) is 0 Å². The molecule has 1 aromatic heterocycles. The van der Waals surface area contributed by atoms with E-state index in [9.17, 15) is 5.11 Å². The normalized spacial score (nSPS) is 12.8. The van der Waals surface area contributed by atoms with Gasteiger partial charge in [-0.25, -0.2) is 4.98 Å². The van der Waals surface area contributed by atoms with E-state index in [0.29, 0.717) is 22.8 Å². The number of hydrogen-bond donors (Lipinski definition) is 1. The third kappa shape index (κ3) is 1.72. The van der Waals surface area contributed by atoms with Gasteiger partial charge in [-0.2, -0.15) is 0 Å². The largest absolute Gasteiger partial charge is 0.494 e. The standard InChI is InChI=1S/C12H16N2O3/c1-7(15)12-13-10-8(16-3)5-6-9(17-4)11(10)14(12)2/h5-7,15H,1-4H3/t7-/m0/s1. The highest BCUT2D eigenvalue weighted by atomic mass is 16.5. The molecule has 0 unspecified atom stereocenters. The number of aryl methyl sites for hydroxylation is 1. The SMILES string of the molecule is COc1ccc(OC)c2c1nc([C@H](C)O)n2C. The zero-order valence-electron chi connectivity index (χ0n) is 10.4. The van der Waals surface area contributed by atoms with Crippen LogP contribution in [0.25, 0.3) is 11.0 Å². The molecule has 1 N–H and O–H groups in total. The number of nitrogens with zero attached hydrogens (tertiary/aromatic N) is 2. The van der Waals surface area contributed by atoms with Gasteiger partial charge in [0.15, 0.2) is 0 Å². The molecule has 5 nitrogen and oxygen atoms in total. The molecule has 2 aromatic rings. The van der Waals surface area contributed by atoms with Crippen molar-refractivity contribution in [1.29, 1.82) is 0 Å². The number of rotatable bonds is 3. The lowest BCUT2D eigenvalue weighted by Crippen LogP contribution is -2.02. The first-order chi connectivity index (χ1) is 8.10. The number of aliphatic hydroxyl groups excluding tert-OH is 1. The molecular formula is C12H16N2O3. The summed E-state index contributed by atoms with van der Waals surface area (Å²) in [7, 11) is 5.05. The molecule has 0 aliphatic carbocycles. The molecule has 0 saturated carbocycles. The first-order valence-corrected chi connectivity index (χ1v) is 5.35. The van der Waals surface area contributed by atoms with Crippen LogP contribution in [0, 0.1) is 0 Å². The van der Waals surface area contributed by atoms with E-state index in [-0.39, 0.29) is 0 Å². The zero-order chi connectivity index (χ0) is 12.6. The van der Waals surface area contributed by atoms with Crippen LogP contribution in [0.4, 0.5) is 0 Å². The van der Waals surface area contributed by atoms with Gasteiger partial charge in [-0.15, -0.1) is 0 Å². The summed E-state index contributed by atoms with van der Waals surface area (Å²) in [6, 6.07) is 3.63. The monoisotopic (exact) mass is 236 g/mol. The summed E-state index contributed by atoms with van der Waals surface area (Å²) >= 11 is 0. The van der Waals surface area contributed by atoms with Crippen LogP contribution in [0.1, 0.15) is 18.9 Å². The minimum absolute atomic E-state index is 0.586. The Kier molecular flexibility index (Phi) is 2.93.